The molecule has 4 heterocycles. The van der Waals surface area contributed by atoms with Gasteiger partial charge in [-0.3, -0.25) is 14.9 Å². The molecule has 9 heteroatoms. The maximum atomic E-state index is 12.8. The van der Waals surface area contributed by atoms with E-state index in [9.17, 15) is 4.79 Å². The molecule has 3 aliphatic heterocycles. The lowest BCUT2D eigenvalue weighted by Gasteiger charge is -2.32. The molecule has 0 spiro atoms. The summed E-state index contributed by atoms with van der Waals surface area (Å²) in [4.78, 5) is 28.9. The molecule has 0 N–H and O–H groups in total. The molecule has 0 aliphatic carbocycles. The fourth-order valence-corrected chi connectivity index (χ4v) is 5.63. The molecule has 1 aromatic heterocycles. The molecule has 8 nitrogen and oxygen atoms in total. The van der Waals surface area contributed by atoms with Crippen molar-refractivity contribution in [2.45, 2.75) is 90.6 Å². The predicted molar refractivity (Wildman–Crippen MR) is 167 cm³/mol. The van der Waals surface area contributed by atoms with Crippen LogP contribution in [-0.4, -0.2) is 63.2 Å². The van der Waals surface area contributed by atoms with E-state index in [1.807, 2.05) is 56.3 Å². The Morgan fingerprint density at radius 3 is 2.38 bits per heavy atom. The first kappa shape index (κ1) is 28.6. The Hall–Kier alpha value is -3.56. The standard InChI is InChI=1S/C33H39BN4O4/c1-31(2,3)40-30(39)38-16-8-9-29(38)27-17-23(19-35-27)21-10-12-22(13-11-21)28-20-36-26-18-24(14-15-25(26)37-28)34-41-32(4,5)33(6,7)42-34/h10-15,18-20,29H,8-9,16-17H2,1-7H3/t29-/m0/s1. The summed E-state index contributed by atoms with van der Waals surface area (Å²) >= 11 is 0. The average molecular weight is 567 g/mol. The van der Waals surface area contributed by atoms with Gasteiger partial charge in [-0.25, -0.2) is 9.78 Å². The minimum atomic E-state index is -0.514. The van der Waals surface area contributed by atoms with Crippen molar-refractivity contribution in [3.63, 3.8) is 0 Å². The first-order chi connectivity index (χ1) is 19.8. The zero-order chi connectivity index (χ0) is 29.9. The molecular formula is C33H39BN4O4. The Morgan fingerprint density at radius 1 is 1.00 bits per heavy atom. The van der Waals surface area contributed by atoms with Crippen LogP contribution in [0.25, 0.3) is 27.9 Å². The number of rotatable bonds is 4. The SMILES string of the molecule is CC(C)(C)OC(=O)N1CCC[C@H]1C1=NC=C(c2ccc(-c3cnc4cc(B5OC(C)(C)C(C)(C)O5)ccc4n3)cc2)C1. The van der Waals surface area contributed by atoms with Crippen LogP contribution in [0.15, 0.2) is 59.9 Å². The summed E-state index contributed by atoms with van der Waals surface area (Å²) in [5.41, 5.74) is 6.34. The summed E-state index contributed by atoms with van der Waals surface area (Å²) in [6, 6.07) is 14.3. The lowest BCUT2D eigenvalue weighted by molar-refractivity contribution is 0.00578. The van der Waals surface area contributed by atoms with E-state index in [-0.39, 0.29) is 12.1 Å². The summed E-state index contributed by atoms with van der Waals surface area (Å²) < 4.78 is 18.1. The third-order valence-electron chi connectivity index (χ3n) is 8.67. The van der Waals surface area contributed by atoms with Crippen molar-refractivity contribution in [2.75, 3.05) is 6.54 Å². The van der Waals surface area contributed by atoms with Gasteiger partial charge in [-0.2, -0.15) is 0 Å². The van der Waals surface area contributed by atoms with Gasteiger partial charge in [-0.15, -0.1) is 0 Å². The Balaban J connectivity index is 1.13. The number of hydrogen-bond acceptors (Lipinski definition) is 7. The highest BCUT2D eigenvalue weighted by molar-refractivity contribution is 6.62. The van der Waals surface area contributed by atoms with E-state index in [0.29, 0.717) is 6.54 Å². The van der Waals surface area contributed by atoms with Crippen molar-refractivity contribution in [2.24, 2.45) is 4.99 Å². The number of hydrogen-bond donors (Lipinski definition) is 0. The summed E-state index contributed by atoms with van der Waals surface area (Å²) in [5.74, 6) is 0. The summed E-state index contributed by atoms with van der Waals surface area (Å²) in [7, 11) is -0.433. The van der Waals surface area contributed by atoms with Gasteiger partial charge in [0.2, 0.25) is 0 Å². The third-order valence-corrected chi connectivity index (χ3v) is 8.67. The van der Waals surface area contributed by atoms with Crippen molar-refractivity contribution >= 4 is 41.0 Å². The molecule has 3 aromatic rings. The van der Waals surface area contributed by atoms with Crippen LogP contribution < -0.4 is 5.46 Å². The average Bonchev–Trinajstić information content (AvgIpc) is 3.65. The molecule has 0 bridgehead atoms. The van der Waals surface area contributed by atoms with E-state index in [1.54, 1.807) is 0 Å². The second kappa shape index (κ2) is 10.3. The molecule has 3 aliphatic rings. The van der Waals surface area contributed by atoms with Crippen molar-refractivity contribution in [3.8, 4) is 11.3 Å². The summed E-state index contributed by atoms with van der Waals surface area (Å²) in [6.07, 6.45) is 6.09. The quantitative estimate of drug-likeness (QED) is 0.351. The lowest BCUT2D eigenvalue weighted by atomic mass is 9.79. The fraction of sp³-hybridized carbons (Fsp3) is 0.455. The van der Waals surface area contributed by atoms with Crippen molar-refractivity contribution in [1.82, 2.24) is 14.9 Å². The topological polar surface area (TPSA) is 86.1 Å². The molecule has 1 atom stereocenters. The fourth-order valence-electron chi connectivity index (χ4n) is 5.63. The van der Waals surface area contributed by atoms with Crippen molar-refractivity contribution in [3.05, 3.63) is 60.4 Å². The Bertz CT molecular complexity index is 1570. The molecule has 6 rings (SSSR count). The number of allylic oxidation sites excluding steroid dienone is 1. The predicted octanol–water partition coefficient (Wildman–Crippen LogP) is 6.18. The largest absolute Gasteiger partial charge is 0.494 e. The first-order valence-electron chi connectivity index (χ1n) is 14.8. The minimum absolute atomic E-state index is 0.00830. The summed E-state index contributed by atoms with van der Waals surface area (Å²) in [6.45, 7) is 14.6. The number of aliphatic imine (C=N–C) groups is 1. The zero-order valence-corrected chi connectivity index (χ0v) is 25.6. The van der Waals surface area contributed by atoms with Gasteiger partial charge in [0.25, 0.3) is 0 Å². The van der Waals surface area contributed by atoms with E-state index < -0.39 is 23.9 Å². The molecule has 2 fully saturated rings. The smallest absolute Gasteiger partial charge is 0.444 e. The van der Waals surface area contributed by atoms with Crippen LogP contribution in [0.5, 0.6) is 0 Å². The number of amides is 1. The van der Waals surface area contributed by atoms with E-state index >= 15 is 0 Å². The van der Waals surface area contributed by atoms with Crippen molar-refractivity contribution < 1.29 is 18.8 Å². The summed E-state index contributed by atoms with van der Waals surface area (Å²) in [5, 5.41) is 0. The number of ether oxygens (including phenoxy) is 1. The minimum Gasteiger partial charge on any atom is -0.444 e. The normalized spacial score (nSPS) is 21.5. The Kier molecular flexibility index (Phi) is 7.01. The van der Waals surface area contributed by atoms with Crippen LogP contribution in [0.3, 0.4) is 0 Å². The van der Waals surface area contributed by atoms with Crippen LogP contribution in [0.1, 0.15) is 73.3 Å². The van der Waals surface area contributed by atoms with E-state index in [2.05, 4.69) is 52.0 Å². The molecule has 2 saturated heterocycles. The second-order valence-electron chi connectivity index (χ2n) is 13.5. The second-order valence-corrected chi connectivity index (χ2v) is 13.5. The lowest BCUT2D eigenvalue weighted by Crippen LogP contribution is -2.43. The number of benzene rings is 2. The monoisotopic (exact) mass is 566 g/mol. The highest BCUT2D eigenvalue weighted by atomic mass is 16.7. The Morgan fingerprint density at radius 2 is 1.69 bits per heavy atom. The van der Waals surface area contributed by atoms with Crippen molar-refractivity contribution in [1.29, 1.82) is 0 Å². The van der Waals surface area contributed by atoms with Gasteiger partial charge in [0.05, 0.1) is 40.2 Å². The number of likely N-dealkylation sites (tertiary alicyclic amines) is 1. The molecular weight excluding hydrogens is 527 g/mol. The van der Waals surface area contributed by atoms with Gasteiger partial charge in [0.15, 0.2) is 0 Å². The van der Waals surface area contributed by atoms with E-state index in [1.165, 1.54) is 0 Å². The molecule has 2 aromatic carbocycles. The first-order valence-corrected chi connectivity index (χ1v) is 14.8. The van der Waals surface area contributed by atoms with Gasteiger partial charge in [0, 0.05) is 30.4 Å². The van der Waals surface area contributed by atoms with Crippen LogP contribution in [0, 0.1) is 0 Å². The van der Waals surface area contributed by atoms with Crippen LogP contribution >= 0.6 is 0 Å². The van der Waals surface area contributed by atoms with E-state index in [4.69, 9.17) is 29.0 Å². The molecule has 1 amide bonds. The number of carbonyl (C=O) groups excluding carboxylic acids is 1. The van der Waals surface area contributed by atoms with Crippen LogP contribution in [-0.2, 0) is 14.0 Å². The number of nitrogens with zero attached hydrogens (tertiary/aromatic N) is 4. The van der Waals surface area contributed by atoms with Crippen LogP contribution in [0.2, 0.25) is 0 Å². The number of aromatic nitrogens is 2. The van der Waals surface area contributed by atoms with Gasteiger partial charge in [-0.05, 0) is 90.0 Å². The van der Waals surface area contributed by atoms with Crippen LogP contribution in [0.4, 0.5) is 4.79 Å². The highest BCUT2D eigenvalue weighted by Crippen LogP contribution is 2.37. The Labute approximate surface area is 248 Å². The number of fused-ring (bicyclic) bond motifs is 1. The van der Waals surface area contributed by atoms with Gasteiger partial charge >= 0.3 is 13.2 Å². The zero-order valence-electron chi connectivity index (χ0n) is 25.6. The van der Waals surface area contributed by atoms with Gasteiger partial charge in [-0.1, -0.05) is 30.3 Å². The van der Waals surface area contributed by atoms with Gasteiger partial charge in [0.1, 0.15) is 5.60 Å². The van der Waals surface area contributed by atoms with E-state index in [0.717, 1.165) is 63.9 Å². The maximum absolute atomic E-state index is 12.8. The van der Waals surface area contributed by atoms with Gasteiger partial charge < -0.3 is 14.0 Å². The third kappa shape index (κ3) is 5.48. The molecule has 0 unspecified atom stereocenters. The molecule has 0 saturated carbocycles. The highest BCUT2D eigenvalue weighted by Gasteiger charge is 2.51. The number of carbonyl (C=O) groups is 1. The molecule has 0 radical (unpaired) electrons. The maximum Gasteiger partial charge on any atom is 0.494 e. The molecule has 42 heavy (non-hydrogen) atoms. The molecule has 218 valence electrons.